The molecule has 1 radical (unpaired) electrons. The molecule has 2 saturated carbocycles. The van der Waals surface area contributed by atoms with E-state index in [0.717, 1.165) is 48.9 Å². The van der Waals surface area contributed by atoms with E-state index in [9.17, 15) is 9.90 Å². The minimum Gasteiger partial charge on any atom is -0.512 e. The molecular weight excluding hydrogens is 671 g/mol. The first-order valence-electron chi connectivity index (χ1n) is 14.8. The average molecular weight is 717 g/mol. The molecule has 3 nitrogen and oxygen atoms in total. The molecule has 40 heavy (non-hydrogen) atoms. The second-order valence-electron chi connectivity index (χ2n) is 11.7. The number of carbonyl (C=O) groups is 1. The zero-order chi connectivity index (χ0) is 26.5. The van der Waals surface area contributed by atoms with Crippen LogP contribution in [0.4, 0.5) is 0 Å². The Morgan fingerprint density at radius 3 is 2.20 bits per heavy atom. The number of allylic oxidation sites excluding steroid dienone is 2. The molecule has 1 heterocycles. The maximum Gasteiger partial charge on any atom is 0.162 e. The molecule has 3 aliphatic rings. The largest absolute Gasteiger partial charge is 0.512 e. The zero-order valence-electron chi connectivity index (χ0n) is 23.5. The van der Waals surface area contributed by atoms with E-state index in [-0.39, 0.29) is 45.2 Å². The summed E-state index contributed by atoms with van der Waals surface area (Å²) >= 11 is 0. The summed E-state index contributed by atoms with van der Waals surface area (Å²) in [6.07, 6.45) is 16.6. The number of aryl methyl sites for hydroxylation is 4. The van der Waals surface area contributed by atoms with Crippen LogP contribution in [0, 0.1) is 31.7 Å². The molecule has 2 fully saturated rings. The predicted octanol–water partition coefficient (Wildman–Crippen LogP) is 9.60. The van der Waals surface area contributed by atoms with E-state index in [1.165, 1.54) is 79.0 Å². The number of ketones is 1. The van der Waals surface area contributed by atoms with Gasteiger partial charge in [0.25, 0.3) is 0 Å². The minimum absolute atomic E-state index is 0. The molecule has 3 aliphatic carbocycles. The molecule has 0 spiro atoms. The van der Waals surface area contributed by atoms with Crippen LogP contribution in [-0.2, 0) is 37.7 Å². The van der Waals surface area contributed by atoms with Gasteiger partial charge in [0, 0.05) is 43.4 Å². The number of aromatic nitrogens is 1. The topological polar surface area (TPSA) is 50.2 Å². The van der Waals surface area contributed by atoms with Gasteiger partial charge in [0.2, 0.25) is 0 Å². The number of carbonyl (C=O) groups excluding carboxylic acids is 1. The minimum atomic E-state index is 0. The van der Waals surface area contributed by atoms with E-state index < -0.39 is 0 Å². The fraction of sp³-hybridized carbons (Fsp3) is 0.500. The second-order valence-corrected chi connectivity index (χ2v) is 11.7. The van der Waals surface area contributed by atoms with Gasteiger partial charge < -0.3 is 5.11 Å². The van der Waals surface area contributed by atoms with Crippen LogP contribution in [0.5, 0.6) is 0 Å². The number of hydrogen-bond donors (Lipinski definition) is 1. The van der Waals surface area contributed by atoms with Crippen molar-refractivity contribution in [3.05, 3.63) is 76.6 Å². The van der Waals surface area contributed by atoms with Crippen LogP contribution >= 0.6 is 0 Å². The summed E-state index contributed by atoms with van der Waals surface area (Å²) in [6.45, 7) is 4.23. The number of nitrogens with zero attached hydrogens (tertiary/aromatic N) is 1. The van der Waals surface area contributed by atoms with Crippen LogP contribution in [0.15, 0.2) is 48.2 Å². The Bertz CT molecular complexity index is 1300. The van der Waals surface area contributed by atoms with E-state index in [1.54, 1.807) is 6.08 Å². The maximum absolute atomic E-state index is 12.0. The zero-order valence-corrected chi connectivity index (χ0v) is 25.9. The van der Waals surface area contributed by atoms with Crippen LogP contribution in [0.1, 0.15) is 100 Å². The van der Waals surface area contributed by atoms with Crippen LogP contribution in [0.2, 0.25) is 0 Å². The molecule has 0 unspecified atom stereocenters. The number of hydrogen-bond acceptors (Lipinski definition) is 3. The first-order valence-corrected chi connectivity index (χ1v) is 14.8. The first-order chi connectivity index (χ1) is 18.5. The van der Waals surface area contributed by atoms with Crippen LogP contribution in [-0.4, -0.2) is 15.9 Å². The van der Waals surface area contributed by atoms with Crippen molar-refractivity contribution in [3.8, 4) is 11.3 Å². The summed E-state index contributed by atoms with van der Waals surface area (Å²) in [5.74, 6) is 0.985. The van der Waals surface area contributed by atoms with E-state index in [2.05, 4.69) is 56.3 Å². The van der Waals surface area contributed by atoms with Gasteiger partial charge in [-0.3, -0.25) is 9.78 Å². The van der Waals surface area contributed by atoms with Gasteiger partial charge in [-0.2, -0.15) is 0 Å². The normalized spacial score (nSPS) is 17.7. The third-order valence-corrected chi connectivity index (χ3v) is 8.64. The third kappa shape index (κ3) is 7.92. The SMILES string of the molecule is C.Cc1[c-]c(-c2cc3c4c(cccc4n2)CCC3)cc(C)c1.O=C(C=C(O)C1CCCCC1)C1CCCCC1.[Ir]. The Morgan fingerprint density at radius 2 is 1.52 bits per heavy atom. The van der Waals surface area contributed by atoms with Crippen molar-refractivity contribution in [1.82, 2.24) is 4.98 Å². The molecule has 2 aromatic carbocycles. The van der Waals surface area contributed by atoms with Crippen LogP contribution < -0.4 is 0 Å². The summed E-state index contributed by atoms with van der Waals surface area (Å²) in [7, 11) is 0. The van der Waals surface area contributed by atoms with Gasteiger partial charge in [0.05, 0.1) is 11.3 Å². The van der Waals surface area contributed by atoms with Crippen molar-refractivity contribution in [2.45, 2.75) is 105 Å². The summed E-state index contributed by atoms with van der Waals surface area (Å²) in [5.41, 5.74) is 8.65. The van der Waals surface area contributed by atoms with Crippen molar-refractivity contribution in [1.29, 1.82) is 0 Å². The van der Waals surface area contributed by atoms with Gasteiger partial charge in [0.1, 0.15) is 0 Å². The molecule has 3 aromatic rings. The van der Waals surface area contributed by atoms with Crippen LogP contribution in [0.3, 0.4) is 0 Å². The van der Waals surface area contributed by atoms with Gasteiger partial charge >= 0.3 is 0 Å². The Labute approximate surface area is 255 Å². The Morgan fingerprint density at radius 1 is 0.875 bits per heavy atom. The molecule has 1 aromatic heterocycles. The van der Waals surface area contributed by atoms with Gasteiger partial charge in [-0.05, 0) is 67.8 Å². The Balaban J connectivity index is 0.000000215. The van der Waals surface area contributed by atoms with Crippen molar-refractivity contribution < 1.29 is 30.0 Å². The van der Waals surface area contributed by atoms with E-state index in [0.29, 0.717) is 5.76 Å². The molecule has 217 valence electrons. The van der Waals surface area contributed by atoms with E-state index in [4.69, 9.17) is 4.98 Å². The van der Waals surface area contributed by atoms with Gasteiger partial charge in [-0.15, -0.1) is 34.9 Å². The number of aliphatic hydroxyl groups excluding tert-OH is 1. The standard InChI is InChI=1S/C20H18N.C15H24O2.CH4.Ir/c1-13-9-14(2)11-17(10-13)19-12-16-7-3-5-15-6-4-8-18(21-19)20(15)16;16-14(12-7-3-1-4-8-12)11-15(17)13-9-5-2-6-10-13;;/h4,6,8-10,12H,3,5,7H2,1-2H3;11-13,16H,1-10H2;1H4;/q-1;;;. The predicted molar refractivity (Wildman–Crippen MR) is 163 cm³/mol. The van der Waals surface area contributed by atoms with Gasteiger partial charge in [0.15, 0.2) is 5.78 Å². The van der Waals surface area contributed by atoms with Crippen molar-refractivity contribution >= 4 is 16.7 Å². The molecule has 6 rings (SSSR count). The molecule has 4 heteroatoms. The third-order valence-electron chi connectivity index (χ3n) is 8.64. The summed E-state index contributed by atoms with van der Waals surface area (Å²) in [5, 5.41) is 11.4. The number of pyridine rings is 1. The van der Waals surface area contributed by atoms with Gasteiger partial charge in [-0.25, -0.2) is 0 Å². The number of benzene rings is 2. The van der Waals surface area contributed by atoms with Gasteiger partial charge in [-0.1, -0.05) is 78.0 Å². The number of aliphatic hydroxyl groups is 1. The van der Waals surface area contributed by atoms with Crippen molar-refractivity contribution in [2.24, 2.45) is 11.8 Å². The molecule has 0 saturated heterocycles. The molecule has 0 bridgehead atoms. The smallest absolute Gasteiger partial charge is 0.162 e. The number of rotatable bonds is 4. The van der Waals surface area contributed by atoms with E-state index >= 15 is 0 Å². The summed E-state index contributed by atoms with van der Waals surface area (Å²) in [4.78, 5) is 16.9. The molecular formula is C36H46IrNO2-. The van der Waals surface area contributed by atoms with E-state index in [1.807, 2.05) is 0 Å². The Hall–Kier alpha value is -2.29. The molecule has 1 N–H and O–H groups in total. The quantitative estimate of drug-likeness (QED) is 0.166. The fourth-order valence-electron chi connectivity index (χ4n) is 6.66. The average Bonchev–Trinajstić information content (AvgIpc) is 2.94. The fourth-order valence-corrected chi connectivity index (χ4v) is 6.66. The molecule has 0 atom stereocenters. The first kappa shape index (κ1) is 32.2. The molecule has 0 amide bonds. The summed E-state index contributed by atoms with van der Waals surface area (Å²) in [6, 6.07) is 16.6. The van der Waals surface area contributed by atoms with Crippen molar-refractivity contribution in [2.75, 3.05) is 0 Å². The molecule has 0 aliphatic heterocycles. The van der Waals surface area contributed by atoms with Crippen LogP contribution in [0.25, 0.3) is 22.2 Å². The van der Waals surface area contributed by atoms with Crippen molar-refractivity contribution in [3.63, 3.8) is 0 Å². The monoisotopic (exact) mass is 717 g/mol. The second kappa shape index (κ2) is 15.1. The summed E-state index contributed by atoms with van der Waals surface area (Å²) < 4.78 is 0. The maximum atomic E-state index is 12.0. The Kier molecular flexibility index (Phi) is 12.2.